The number of carbonyl (C=O) groups is 1. The number of carbonyl (C=O) groups excluding carboxylic acids is 1. The molecule has 39 heavy (non-hydrogen) atoms. The van der Waals surface area contributed by atoms with Crippen LogP contribution in [0, 0.1) is 5.92 Å². The molecule has 12 nitrogen and oxygen atoms in total. The SMILES string of the molecule is CCOC(=O)CCc1cc2ccoc2c(OCCNC)c1O[C@H]1O[C@H](CO)[C@]2(O)CC[C@@H](CCO)[C@]1(O)[C@H]2O. The van der Waals surface area contributed by atoms with Gasteiger partial charge in [-0.15, -0.1) is 0 Å². The van der Waals surface area contributed by atoms with E-state index in [1.807, 2.05) is 0 Å². The Hall–Kier alpha value is -2.45. The van der Waals surface area contributed by atoms with Crippen LogP contribution in [0.25, 0.3) is 11.0 Å². The highest BCUT2D eigenvalue weighted by Gasteiger charge is 2.68. The lowest BCUT2D eigenvalue weighted by Crippen LogP contribution is -2.78. The molecule has 4 rings (SSSR count). The first-order chi connectivity index (χ1) is 18.7. The minimum Gasteiger partial charge on any atom is -0.485 e. The molecule has 0 amide bonds. The molecule has 1 aliphatic carbocycles. The predicted molar refractivity (Wildman–Crippen MR) is 137 cm³/mol. The van der Waals surface area contributed by atoms with Gasteiger partial charge in [-0.1, -0.05) is 0 Å². The van der Waals surface area contributed by atoms with Crippen molar-refractivity contribution in [3.05, 3.63) is 24.0 Å². The van der Waals surface area contributed by atoms with E-state index in [0.717, 1.165) is 0 Å². The van der Waals surface area contributed by atoms with E-state index in [4.69, 9.17) is 23.4 Å². The topological polar surface area (TPSA) is 180 Å². The minimum atomic E-state index is -2.14. The Morgan fingerprint density at radius 3 is 2.74 bits per heavy atom. The zero-order valence-corrected chi connectivity index (χ0v) is 22.3. The third-order valence-corrected chi connectivity index (χ3v) is 7.78. The lowest BCUT2D eigenvalue weighted by atomic mass is 9.61. The van der Waals surface area contributed by atoms with E-state index >= 15 is 0 Å². The Bertz CT molecular complexity index is 1120. The van der Waals surface area contributed by atoms with Gasteiger partial charge in [-0.3, -0.25) is 4.79 Å². The van der Waals surface area contributed by atoms with Crippen molar-refractivity contribution in [1.29, 1.82) is 0 Å². The average molecular weight is 554 g/mol. The number of aliphatic hydroxyl groups excluding tert-OH is 3. The first-order valence-electron chi connectivity index (χ1n) is 13.4. The number of likely N-dealkylation sites (N-methyl/N-ethyl adjacent to an activating group) is 1. The van der Waals surface area contributed by atoms with Crippen molar-refractivity contribution < 1.29 is 53.7 Å². The Labute approximate surface area is 226 Å². The average Bonchev–Trinajstić information content (AvgIpc) is 3.39. The molecule has 1 aliphatic heterocycles. The Morgan fingerprint density at radius 1 is 1.26 bits per heavy atom. The molecule has 1 aromatic heterocycles. The second-order valence-electron chi connectivity index (χ2n) is 10.1. The number of aryl methyl sites for hydroxylation is 1. The highest BCUT2D eigenvalue weighted by molar-refractivity contribution is 5.87. The van der Waals surface area contributed by atoms with Gasteiger partial charge in [0.2, 0.25) is 12.0 Å². The molecule has 6 N–H and O–H groups in total. The van der Waals surface area contributed by atoms with Gasteiger partial charge in [0.15, 0.2) is 16.9 Å². The van der Waals surface area contributed by atoms with E-state index in [-0.39, 0.29) is 63.4 Å². The van der Waals surface area contributed by atoms with Gasteiger partial charge in [0, 0.05) is 25.0 Å². The molecule has 2 fully saturated rings. The minimum absolute atomic E-state index is 0.0358. The van der Waals surface area contributed by atoms with Gasteiger partial charge in [-0.2, -0.15) is 0 Å². The molecule has 6 atom stereocenters. The molecule has 0 unspecified atom stereocenters. The highest BCUT2D eigenvalue weighted by Crippen LogP contribution is 2.51. The van der Waals surface area contributed by atoms with Crippen LogP contribution in [0.1, 0.15) is 38.2 Å². The van der Waals surface area contributed by atoms with Gasteiger partial charge in [0.25, 0.3) is 0 Å². The van der Waals surface area contributed by atoms with Crippen LogP contribution >= 0.6 is 0 Å². The molecule has 1 saturated heterocycles. The zero-order chi connectivity index (χ0) is 28.2. The summed E-state index contributed by atoms with van der Waals surface area (Å²) in [4.78, 5) is 12.2. The molecule has 1 saturated carbocycles. The number of ether oxygens (including phenoxy) is 4. The smallest absolute Gasteiger partial charge is 0.306 e. The molecule has 2 heterocycles. The van der Waals surface area contributed by atoms with Crippen molar-refractivity contribution >= 4 is 16.9 Å². The van der Waals surface area contributed by atoms with Crippen molar-refractivity contribution in [2.45, 2.75) is 68.7 Å². The number of hydrogen-bond donors (Lipinski definition) is 6. The Kier molecular flexibility index (Phi) is 9.37. The number of fused-ring (bicyclic) bond motifs is 3. The Balaban J connectivity index is 1.80. The highest BCUT2D eigenvalue weighted by atomic mass is 16.7. The lowest BCUT2D eigenvalue weighted by molar-refractivity contribution is -0.380. The second-order valence-corrected chi connectivity index (χ2v) is 10.1. The number of benzene rings is 1. The molecule has 218 valence electrons. The molecule has 2 bridgehead atoms. The molecule has 2 aromatic rings. The summed E-state index contributed by atoms with van der Waals surface area (Å²) in [5.41, 5.74) is -3.15. The van der Waals surface area contributed by atoms with Gasteiger partial charge in [0.05, 0.1) is 19.5 Å². The van der Waals surface area contributed by atoms with Gasteiger partial charge < -0.3 is 54.2 Å². The van der Waals surface area contributed by atoms with Crippen molar-refractivity contribution in [3.63, 3.8) is 0 Å². The van der Waals surface area contributed by atoms with Crippen molar-refractivity contribution in [1.82, 2.24) is 5.32 Å². The summed E-state index contributed by atoms with van der Waals surface area (Å²) in [6.07, 6.45) is -2.41. The van der Waals surface area contributed by atoms with Crippen LogP contribution in [0.15, 0.2) is 22.8 Å². The van der Waals surface area contributed by atoms with Gasteiger partial charge in [-0.05, 0) is 63.3 Å². The maximum Gasteiger partial charge on any atom is 0.306 e. The second kappa shape index (κ2) is 12.4. The summed E-state index contributed by atoms with van der Waals surface area (Å²) in [5.74, 6) is -0.758. The third-order valence-electron chi connectivity index (χ3n) is 7.78. The largest absolute Gasteiger partial charge is 0.485 e. The van der Waals surface area contributed by atoms with Gasteiger partial charge >= 0.3 is 5.97 Å². The van der Waals surface area contributed by atoms with Crippen molar-refractivity contribution in [2.24, 2.45) is 5.92 Å². The lowest BCUT2D eigenvalue weighted by Gasteiger charge is -2.59. The summed E-state index contributed by atoms with van der Waals surface area (Å²) in [6, 6.07) is 3.51. The molecule has 0 radical (unpaired) electrons. The van der Waals surface area contributed by atoms with Gasteiger partial charge in [-0.25, -0.2) is 0 Å². The number of esters is 1. The third kappa shape index (κ3) is 5.47. The monoisotopic (exact) mass is 553 g/mol. The number of rotatable bonds is 13. The van der Waals surface area contributed by atoms with E-state index < -0.39 is 48.2 Å². The molecule has 12 heteroatoms. The quantitative estimate of drug-likeness (QED) is 0.147. The number of furan rings is 1. The van der Waals surface area contributed by atoms with Crippen LogP contribution < -0.4 is 14.8 Å². The maximum atomic E-state index is 12.2. The summed E-state index contributed by atoms with van der Waals surface area (Å²) in [5, 5.41) is 57.8. The first kappa shape index (κ1) is 29.5. The number of nitrogens with one attached hydrogen (secondary N) is 1. The fraction of sp³-hybridized carbons (Fsp3) is 0.667. The molecule has 1 aromatic carbocycles. The van der Waals surface area contributed by atoms with E-state index in [2.05, 4.69) is 5.32 Å². The van der Waals surface area contributed by atoms with Crippen LogP contribution in [0.5, 0.6) is 11.5 Å². The predicted octanol–water partition coefficient (Wildman–Crippen LogP) is 0.238. The van der Waals surface area contributed by atoms with Crippen molar-refractivity contribution in [3.8, 4) is 11.5 Å². The fourth-order valence-electron chi connectivity index (χ4n) is 5.68. The summed E-state index contributed by atoms with van der Waals surface area (Å²) in [7, 11) is 1.77. The molecule has 0 spiro atoms. The van der Waals surface area contributed by atoms with Crippen LogP contribution in [0.4, 0.5) is 0 Å². The Morgan fingerprint density at radius 2 is 2.05 bits per heavy atom. The summed E-state index contributed by atoms with van der Waals surface area (Å²) >= 11 is 0. The van der Waals surface area contributed by atoms with E-state index in [9.17, 15) is 30.3 Å². The normalized spacial score (nSPS) is 30.3. The van der Waals surface area contributed by atoms with E-state index in [1.54, 1.807) is 26.1 Å². The zero-order valence-electron chi connectivity index (χ0n) is 22.3. The van der Waals surface area contributed by atoms with Crippen LogP contribution in [0.2, 0.25) is 0 Å². The van der Waals surface area contributed by atoms with Crippen LogP contribution in [-0.4, -0.2) is 101 Å². The first-order valence-corrected chi connectivity index (χ1v) is 13.4. The van der Waals surface area contributed by atoms with Crippen molar-refractivity contribution in [2.75, 3.05) is 40.0 Å². The number of aliphatic hydroxyl groups is 5. The van der Waals surface area contributed by atoms with Crippen LogP contribution in [-0.2, 0) is 20.7 Å². The fourth-order valence-corrected chi connectivity index (χ4v) is 5.68. The number of hydrogen-bond acceptors (Lipinski definition) is 12. The summed E-state index contributed by atoms with van der Waals surface area (Å²) < 4.78 is 29.1. The van der Waals surface area contributed by atoms with E-state index in [0.29, 0.717) is 23.1 Å². The molecular formula is C27H39NO11. The molecule has 2 aliphatic rings. The summed E-state index contributed by atoms with van der Waals surface area (Å²) in [6.45, 7) is 1.78. The van der Waals surface area contributed by atoms with Gasteiger partial charge in [0.1, 0.15) is 24.4 Å². The van der Waals surface area contributed by atoms with E-state index in [1.165, 1.54) is 6.26 Å². The van der Waals surface area contributed by atoms with Crippen LogP contribution in [0.3, 0.4) is 0 Å². The standard InChI is InChI=1S/C27H39NO11/c1-3-35-20(31)5-4-16-14-17-8-12-36-21(17)23(37-13-10-28-2)22(16)39-25-27(34)18(7-11-29)6-9-26(33,24(27)32)19(15-30)38-25/h8,12,14,18-19,24-25,28-30,32-34H,3-7,9-11,13,15H2,1-2H3/t18-,19+,24-,25+,26+,27-/m0/s1. The maximum absolute atomic E-state index is 12.2. The molecular weight excluding hydrogens is 514 g/mol.